The highest BCUT2D eigenvalue weighted by molar-refractivity contribution is 7.20. The highest BCUT2D eigenvalue weighted by Crippen LogP contribution is 2.43. The highest BCUT2D eigenvalue weighted by Gasteiger charge is 2.41. The molecule has 1 aromatic carbocycles. The third kappa shape index (κ3) is 5.21. The van der Waals surface area contributed by atoms with Crippen molar-refractivity contribution in [1.82, 2.24) is 10.3 Å². The van der Waals surface area contributed by atoms with Crippen LogP contribution in [0.1, 0.15) is 59.3 Å². The lowest BCUT2D eigenvalue weighted by molar-refractivity contribution is -0.120. The van der Waals surface area contributed by atoms with Crippen molar-refractivity contribution in [3.8, 4) is 10.9 Å². The van der Waals surface area contributed by atoms with Gasteiger partial charge in [0.15, 0.2) is 11.6 Å². The van der Waals surface area contributed by atoms with Gasteiger partial charge >= 0.3 is 0 Å². The van der Waals surface area contributed by atoms with E-state index in [1.54, 1.807) is 12.1 Å². The first-order valence-electron chi connectivity index (χ1n) is 10.6. The van der Waals surface area contributed by atoms with Gasteiger partial charge in [0, 0.05) is 13.0 Å². The average molecular weight is 437 g/mol. The lowest BCUT2D eigenvalue weighted by atomic mass is 9.95. The Kier molecular flexibility index (Phi) is 6.16. The van der Waals surface area contributed by atoms with Crippen LogP contribution in [0.4, 0.5) is 4.39 Å². The van der Waals surface area contributed by atoms with Crippen LogP contribution in [0.25, 0.3) is 10.2 Å². The number of hydrogen-bond donors (Lipinski definition) is 1. The molecule has 164 valence electrons. The van der Waals surface area contributed by atoms with Crippen LogP contribution < -0.4 is 14.8 Å². The fourth-order valence-electron chi connectivity index (χ4n) is 3.71. The summed E-state index contributed by atoms with van der Waals surface area (Å²) in [5.74, 6) is -0.133. The maximum Gasteiger partial charge on any atom is 0.274 e. The number of nitrogens with zero attached hydrogens (tertiary/aromatic N) is 1. The number of nitrogens with one attached hydrogen (secondary N) is 1. The van der Waals surface area contributed by atoms with Crippen LogP contribution in [0.15, 0.2) is 12.1 Å². The molecule has 30 heavy (non-hydrogen) atoms. The van der Waals surface area contributed by atoms with Gasteiger partial charge in [-0.25, -0.2) is 9.37 Å². The van der Waals surface area contributed by atoms with Gasteiger partial charge in [-0.3, -0.25) is 4.79 Å². The Labute approximate surface area is 180 Å². The number of halogens is 1. The smallest absolute Gasteiger partial charge is 0.274 e. The minimum absolute atomic E-state index is 0.00641. The quantitative estimate of drug-likeness (QED) is 0.655. The Morgan fingerprint density at radius 2 is 2.00 bits per heavy atom. The van der Waals surface area contributed by atoms with Crippen LogP contribution in [0.2, 0.25) is 0 Å². The van der Waals surface area contributed by atoms with Crippen molar-refractivity contribution in [2.45, 2.75) is 83.1 Å². The van der Waals surface area contributed by atoms with E-state index in [-0.39, 0.29) is 41.3 Å². The van der Waals surface area contributed by atoms with Crippen LogP contribution in [0, 0.1) is 5.82 Å². The monoisotopic (exact) mass is 436 g/mol. The van der Waals surface area contributed by atoms with Crippen LogP contribution in [0.5, 0.6) is 10.9 Å². The Bertz CT molecular complexity index is 906. The number of ether oxygens (including phenoxy) is 3. The molecule has 1 atom stereocenters. The van der Waals surface area contributed by atoms with E-state index in [9.17, 15) is 4.79 Å². The van der Waals surface area contributed by atoms with Crippen LogP contribution in [0.3, 0.4) is 0 Å². The zero-order valence-electron chi connectivity index (χ0n) is 17.7. The van der Waals surface area contributed by atoms with Crippen molar-refractivity contribution >= 4 is 27.5 Å². The summed E-state index contributed by atoms with van der Waals surface area (Å²) in [5, 5.41) is 3.34. The molecule has 0 spiro atoms. The summed E-state index contributed by atoms with van der Waals surface area (Å²) in [6.45, 7) is 5.97. The molecule has 0 saturated heterocycles. The molecule has 2 aliphatic rings. The predicted molar refractivity (Wildman–Crippen MR) is 114 cm³/mol. The van der Waals surface area contributed by atoms with Crippen molar-refractivity contribution in [1.29, 1.82) is 0 Å². The van der Waals surface area contributed by atoms with Gasteiger partial charge in [0.25, 0.3) is 5.19 Å². The minimum Gasteiger partial charge on any atom is -0.487 e. The Morgan fingerprint density at radius 3 is 2.67 bits per heavy atom. The average Bonchev–Trinajstić information content (AvgIpc) is 3.27. The number of carbonyl (C=O) groups excluding carboxylic acids is 1. The molecule has 8 heteroatoms. The van der Waals surface area contributed by atoms with Crippen molar-refractivity contribution in [2.75, 3.05) is 6.61 Å². The fourth-order valence-corrected chi connectivity index (χ4v) is 4.68. The van der Waals surface area contributed by atoms with E-state index in [1.807, 2.05) is 13.8 Å². The first kappa shape index (κ1) is 21.3. The van der Waals surface area contributed by atoms with Gasteiger partial charge in [-0.05, 0) is 64.5 Å². The lowest BCUT2D eigenvalue weighted by Gasteiger charge is -2.30. The number of fused-ring (bicyclic) bond motifs is 1. The zero-order valence-corrected chi connectivity index (χ0v) is 18.5. The number of aromatic nitrogens is 1. The van der Waals surface area contributed by atoms with Gasteiger partial charge in [-0.1, -0.05) is 11.3 Å². The lowest BCUT2D eigenvalue weighted by Crippen LogP contribution is -2.36. The third-order valence-electron chi connectivity index (χ3n) is 5.68. The Balaban J connectivity index is 1.30. The van der Waals surface area contributed by atoms with Gasteiger partial charge in [0.1, 0.15) is 5.60 Å². The van der Waals surface area contributed by atoms with E-state index in [2.05, 4.69) is 10.3 Å². The number of thiazole rings is 1. The molecule has 6 nitrogen and oxygen atoms in total. The molecular formula is C22H29FN2O4S. The van der Waals surface area contributed by atoms with Crippen LogP contribution >= 0.6 is 11.3 Å². The van der Waals surface area contributed by atoms with Gasteiger partial charge < -0.3 is 19.5 Å². The largest absolute Gasteiger partial charge is 0.487 e. The second kappa shape index (κ2) is 8.67. The number of carbonyl (C=O) groups is 1. The summed E-state index contributed by atoms with van der Waals surface area (Å²) in [6.07, 6.45) is 5.49. The number of amides is 1. The van der Waals surface area contributed by atoms with E-state index >= 15 is 4.39 Å². The first-order valence-corrected chi connectivity index (χ1v) is 11.5. The molecule has 0 unspecified atom stereocenters. The molecule has 1 aromatic heterocycles. The molecule has 2 aromatic rings. The SMILES string of the molecule is CC(=O)N[C@@H](C)COC1CCC(Oc2ccc3nc(OC4(C)CC4)sc3c2F)CC1. The van der Waals surface area contributed by atoms with Gasteiger partial charge in [0.05, 0.1) is 29.0 Å². The summed E-state index contributed by atoms with van der Waals surface area (Å²) in [7, 11) is 0. The molecule has 4 rings (SSSR count). The Hall–Kier alpha value is -1.93. The van der Waals surface area contributed by atoms with Gasteiger partial charge in [-0.2, -0.15) is 0 Å². The summed E-state index contributed by atoms with van der Waals surface area (Å²) in [6, 6.07) is 3.45. The molecule has 0 aliphatic heterocycles. The van der Waals surface area contributed by atoms with Crippen LogP contribution in [-0.2, 0) is 9.53 Å². The molecule has 0 radical (unpaired) electrons. The van der Waals surface area contributed by atoms with Crippen molar-refractivity contribution in [2.24, 2.45) is 0 Å². The molecule has 2 saturated carbocycles. The van der Waals surface area contributed by atoms with E-state index in [0.29, 0.717) is 22.0 Å². The normalized spacial score (nSPS) is 23.7. The van der Waals surface area contributed by atoms with Crippen molar-refractivity contribution < 1.29 is 23.4 Å². The fraction of sp³-hybridized carbons (Fsp3) is 0.636. The molecule has 2 aliphatic carbocycles. The maximum absolute atomic E-state index is 15.0. The standard InChI is InChI=1S/C22H29FN2O4S/c1-13(24-14(2)26)12-27-15-4-6-16(7-5-15)28-18-9-8-17-20(19(18)23)30-21(25-17)29-22(3)10-11-22/h8-9,13,15-16H,4-7,10-12H2,1-3H3,(H,24,26)/t13-,15?,16?/m0/s1. The summed E-state index contributed by atoms with van der Waals surface area (Å²) in [4.78, 5) is 15.5. The van der Waals surface area contributed by atoms with Crippen molar-refractivity contribution in [3.05, 3.63) is 17.9 Å². The topological polar surface area (TPSA) is 69.7 Å². The predicted octanol–water partition coefficient (Wildman–Crippen LogP) is 4.60. The van der Waals surface area contributed by atoms with E-state index in [4.69, 9.17) is 14.2 Å². The second-order valence-electron chi connectivity index (χ2n) is 8.71. The maximum atomic E-state index is 15.0. The molecule has 1 heterocycles. The zero-order chi connectivity index (χ0) is 21.3. The van der Waals surface area contributed by atoms with Crippen molar-refractivity contribution in [3.63, 3.8) is 0 Å². The number of rotatable bonds is 8. The first-order chi connectivity index (χ1) is 14.3. The molecule has 0 bridgehead atoms. The van der Waals surface area contributed by atoms with E-state index in [0.717, 1.165) is 38.5 Å². The van der Waals surface area contributed by atoms with Gasteiger partial charge in [0.2, 0.25) is 5.91 Å². The second-order valence-corrected chi connectivity index (χ2v) is 9.67. The number of hydrogen-bond acceptors (Lipinski definition) is 6. The van der Waals surface area contributed by atoms with E-state index < -0.39 is 0 Å². The molecule has 1 amide bonds. The minimum atomic E-state index is -0.358. The van der Waals surface area contributed by atoms with Crippen LogP contribution in [-0.4, -0.2) is 41.3 Å². The summed E-state index contributed by atoms with van der Waals surface area (Å²) >= 11 is 1.24. The highest BCUT2D eigenvalue weighted by atomic mass is 32.1. The van der Waals surface area contributed by atoms with E-state index in [1.165, 1.54) is 18.3 Å². The Morgan fingerprint density at radius 1 is 1.30 bits per heavy atom. The molecule has 2 fully saturated rings. The number of benzene rings is 1. The summed E-state index contributed by atoms with van der Waals surface area (Å²) in [5.41, 5.74) is 0.471. The molecule has 1 N–H and O–H groups in total. The molecular weight excluding hydrogens is 407 g/mol. The summed E-state index contributed by atoms with van der Waals surface area (Å²) < 4.78 is 33.3. The van der Waals surface area contributed by atoms with Gasteiger partial charge in [-0.15, -0.1) is 0 Å². The third-order valence-corrected chi connectivity index (χ3v) is 6.62.